The molecule has 0 aromatic heterocycles. The second-order valence-electron chi connectivity index (χ2n) is 10.3. The monoisotopic (exact) mass is 590 g/mol. The van der Waals surface area contributed by atoms with Gasteiger partial charge in [0, 0.05) is 40.4 Å². The minimum atomic E-state index is -1.01. The Labute approximate surface area is 249 Å². The van der Waals surface area contributed by atoms with Crippen molar-refractivity contribution >= 4 is 29.8 Å². The molecular weight excluding hydrogens is 556 g/mol. The Morgan fingerprint density at radius 2 is 1.86 bits per heavy atom. The normalized spacial score (nSPS) is 19.1. The van der Waals surface area contributed by atoms with E-state index in [9.17, 15) is 19.8 Å². The molecule has 2 aromatic rings. The molecule has 220 valence electrons. The Morgan fingerprint density at radius 1 is 1.10 bits per heavy atom. The number of ether oxygens (including phenoxy) is 4. The van der Waals surface area contributed by atoms with Gasteiger partial charge >= 0.3 is 11.9 Å². The fourth-order valence-corrected chi connectivity index (χ4v) is 7.00. The van der Waals surface area contributed by atoms with Crippen LogP contribution in [0.4, 0.5) is 0 Å². The van der Waals surface area contributed by atoms with Gasteiger partial charge in [-0.3, -0.25) is 0 Å². The number of allylic oxidation sites excluding steroid dienone is 2. The second-order valence-corrected chi connectivity index (χ2v) is 11.4. The van der Waals surface area contributed by atoms with E-state index in [1.54, 1.807) is 50.3 Å². The summed E-state index contributed by atoms with van der Waals surface area (Å²) in [4.78, 5) is 24.6. The summed E-state index contributed by atoms with van der Waals surface area (Å²) in [5.74, 6) is 0.194. The average molecular weight is 591 g/mol. The molecule has 1 aliphatic carbocycles. The molecule has 0 bridgehead atoms. The Balaban J connectivity index is 1.59. The molecule has 42 heavy (non-hydrogen) atoms. The van der Waals surface area contributed by atoms with E-state index in [-0.39, 0.29) is 35.5 Å². The lowest BCUT2D eigenvalue weighted by atomic mass is 9.81. The van der Waals surface area contributed by atoms with Crippen LogP contribution in [-0.2, 0) is 22.4 Å². The first kappa shape index (κ1) is 29.4. The lowest BCUT2D eigenvalue weighted by molar-refractivity contribution is -0.133. The number of carboxylic acids is 2. The van der Waals surface area contributed by atoms with Gasteiger partial charge in [0.25, 0.3) is 0 Å². The standard InChI is InChI=1S/C33H34O8S/c1-4-5-7-20-17-42-30(15-22(33(36)37)12-21-14-28-29(41-18-40-28)16-27(21)39-3)31(20)24-10-11-26(38-2)23-9-6-8-19(32(34)35)13-25(23)24/h6,8,10-11,13-17,30-31H,4-5,7,9,12,18H2,1-3H3,(H,34,35)(H,36,37)/b22-15+. The van der Waals surface area contributed by atoms with Crippen molar-refractivity contribution in [3.8, 4) is 23.0 Å². The average Bonchev–Trinajstić information content (AvgIpc) is 3.53. The molecular formula is C33H34O8S. The van der Waals surface area contributed by atoms with Crippen LogP contribution in [0.1, 0.15) is 54.4 Å². The molecule has 0 spiro atoms. The number of methoxy groups -OCH3 is 2. The first-order valence-electron chi connectivity index (χ1n) is 13.9. The third-order valence-corrected chi connectivity index (χ3v) is 8.95. The smallest absolute Gasteiger partial charge is 0.335 e. The predicted octanol–water partition coefficient (Wildman–Crippen LogP) is 6.54. The van der Waals surface area contributed by atoms with E-state index in [0.29, 0.717) is 35.0 Å². The number of thioether (sulfide) groups is 1. The Bertz CT molecular complexity index is 1520. The minimum absolute atomic E-state index is 0.107. The summed E-state index contributed by atoms with van der Waals surface area (Å²) in [6, 6.07) is 7.42. The van der Waals surface area contributed by atoms with E-state index in [0.717, 1.165) is 36.0 Å². The van der Waals surface area contributed by atoms with Gasteiger partial charge < -0.3 is 29.2 Å². The van der Waals surface area contributed by atoms with Gasteiger partial charge in [0.05, 0.1) is 19.8 Å². The van der Waals surface area contributed by atoms with Crippen LogP contribution in [0.5, 0.6) is 23.0 Å². The van der Waals surface area contributed by atoms with Crippen molar-refractivity contribution in [1.82, 2.24) is 0 Å². The van der Waals surface area contributed by atoms with Crippen LogP contribution >= 0.6 is 11.8 Å². The number of hydrogen-bond donors (Lipinski definition) is 2. The minimum Gasteiger partial charge on any atom is -0.496 e. The first-order chi connectivity index (χ1) is 20.3. The van der Waals surface area contributed by atoms with E-state index < -0.39 is 11.9 Å². The molecule has 9 heteroatoms. The lowest BCUT2D eigenvalue weighted by Crippen LogP contribution is -2.17. The van der Waals surface area contributed by atoms with Crippen LogP contribution < -0.4 is 18.9 Å². The molecule has 3 aliphatic rings. The summed E-state index contributed by atoms with van der Waals surface area (Å²) in [7, 11) is 3.15. The van der Waals surface area contributed by atoms with Crippen LogP contribution in [0.3, 0.4) is 0 Å². The highest BCUT2D eigenvalue weighted by atomic mass is 32.2. The number of unbranched alkanes of at least 4 members (excludes halogenated alkanes) is 1. The summed E-state index contributed by atoms with van der Waals surface area (Å²) in [5.41, 5.74) is 5.03. The van der Waals surface area contributed by atoms with Crippen molar-refractivity contribution in [2.45, 2.75) is 50.2 Å². The summed E-state index contributed by atoms with van der Waals surface area (Å²) in [6.45, 7) is 2.25. The highest BCUT2D eigenvalue weighted by Crippen LogP contribution is 2.49. The molecule has 2 unspecified atom stereocenters. The summed E-state index contributed by atoms with van der Waals surface area (Å²) >= 11 is 1.60. The molecule has 8 nitrogen and oxygen atoms in total. The van der Waals surface area contributed by atoms with Crippen molar-refractivity contribution in [1.29, 1.82) is 0 Å². The van der Waals surface area contributed by atoms with E-state index in [4.69, 9.17) is 18.9 Å². The quantitative estimate of drug-likeness (QED) is 0.282. The zero-order valence-electron chi connectivity index (χ0n) is 23.8. The van der Waals surface area contributed by atoms with Crippen molar-refractivity contribution in [2.75, 3.05) is 21.0 Å². The topological polar surface area (TPSA) is 112 Å². The Kier molecular flexibility index (Phi) is 8.97. The van der Waals surface area contributed by atoms with Gasteiger partial charge in [-0.15, -0.1) is 11.8 Å². The van der Waals surface area contributed by atoms with Gasteiger partial charge in [-0.1, -0.05) is 43.2 Å². The van der Waals surface area contributed by atoms with Crippen molar-refractivity contribution in [3.05, 3.63) is 86.9 Å². The third-order valence-electron chi connectivity index (χ3n) is 7.79. The largest absolute Gasteiger partial charge is 0.496 e. The molecule has 2 aromatic carbocycles. The molecule has 2 aliphatic heterocycles. The van der Waals surface area contributed by atoms with Gasteiger partial charge in [-0.2, -0.15) is 0 Å². The number of fused-ring (bicyclic) bond motifs is 2. The molecule has 2 atom stereocenters. The van der Waals surface area contributed by atoms with Crippen LogP contribution in [0.2, 0.25) is 0 Å². The fourth-order valence-electron chi connectivity index (χ4n) is 5.69. The number of aliphatic carboxylic acids is 2. The van der Waals surface area contributed by atoms with Gasteiger partial charge in [0.1, 0.15) is 11.5 Å². The number of carbonyl (C=O) groups is 2. The second kappa shape index (κ2) is 12.8. The third kappa shape index (κ3) is 5.92. The maximum Gasteiger partial charge on any atom is 0.335 e. The molecule has 0 saturated heterocycles. The van der Waals surface area contributed by atoms with E-state index >= 15 is 0 Å². The molecule has 0 amide bonds. The summed E-state index contributed by atoms with van der Waals surface area (Å²) in [5, 5.41) is 22.1. The van der Waals surface area contributed by atoms with E-state index in [2.05, 4.69) is 12.3 Å². The van der Waals surface area contributed by atoms with Crippen LogP contribution in [0, 0.1) is 0 Å². The number of carboxylic acid groups (broad SMARTS) is 2. The Morgan fingerprint density at radius 3 is 2.55 bits per heavy atom. The summed E-state index contributed by atoms with van der Waals surface area (Å²) in [6.07, 6.45) is 10.6. The Hall–Kier alpha value is -4.11. The van der Waals surface area contributed by atoms with Gasteiger partial charge in [-0.05, 0) is 54.0 Å². The van der Waals surface area contributed by atoms with E-state index in [1.165, 1.54) is 5.57 Å². The number of hydrogen-bond acceptors (Lipinski definition) is 7. The van der Waals surface area contributed by atoms with Crippen LogP contribution in [0.15, 0.2) is 64.6 Å². The number of benzene rings is 2. The molecule has 0 radical (unpaired) electrons. The van der Waals surface area contributed by atoms with E-state index in [1.807, 2.05) is 24.3 Å². The molecule has 0 fully saturated rings. The highest BCUT2D eigenvalue weighted by molar-refractivity contribution is 8.03. The van der Waals surface area contributed by atoms with Crippen molar-refractivity contribution in [3.63, 3.8) is 0 Å². The first-order valence-corrected chi connectivity index (χ1v) is 14.8. The lowest BCUT2D eigenvalue weighted by Gasteiger charge is -2.25. The zero-order chi connectivity index (χ0) is 29.8. The molecule has 5 rings (SSSR count). The SMILES string of the molecule is CCCCC1=CSC(/C=C(\Cc2cc3c(cc2OC)OCO3)C(=O)O)C1c1ccc(OC)c2c1C=C(C(=O)O)C=CC2. The van der Waals surface area contributed by atoms with Crippen LogP contribution in [0.25, 0.3) is 6.08 Å². The molecule has 2 N–H and O–H groups in total. The highest BCUT2D eigenvalue weighted by Gasteiger charge is 2.34. The maximum absolute atomic E-state index is 12.6. The van der Waals surface area contributed by atoms with Gasteiger partial charge in [0.15, 0.2) is 11.5 Å². The predicted molar refractivity (Wildman–Crippen MR) is 162 cm³/mol. The van der Waals surface area contributed by atoms with Crippen molar-refractivity contribution < 1.29 is 38.7 Å². The fraction of sp³-hybridized carbons (Fsp3) is 0.333. The molecule has 2 heterocycles. The number of rotatable bonds is 11. The van der Waals surface area contributed by atoms with Crippen molar-refractivity contribution in [2.24, 2.45) is 0 Å². The summed E-state index contributed by atoms with van der Waals surface area (Å²) < 4.78 is 22.2. The zero-order valence-corrected chi connectivity index (χ0v) is 24.7. The van der Waals surface area contributed by atoms with Crippen LogP contribution in [-0.4, -0.2) is 48.4 Å². The van der Waals surface area contributed by atoms with Gasteiger partial charge in [-0.25, -0.2) is 9.59 Å². The molecule has 0 saturated carbocycles. The van der Waals surface area contributed by atoms with Gasteiger partial charge in [0.2, 0.25) is 6.79 Å². The maximum atomic E-state index is 12.6.